The molecule has 0 amide bonds. The highest BCUT2D eigenvalue weighted by Gasteiger charge is 2.19. The second kappa shape index (κ2) is 6.28. The average Bonchev–Trinajstić information content (AvgIpc) is 3.26. The number of thiophene rings is 1. The van der Waals surface area contributed by atoms with Crippen LogP contribution in [0.25, 0.3) is 22.3 Å². The van der Waals surface area contributed by atoms with Crippen molar-refractivity contribution in [3.63, 3.8) is 0 Å². The lowest BCUT2D eigenvalue weighted by molar-refractivity contribution is 0.201. The molecule has 4 rings (SSSR count). The van der Waals surface area contributed by atoms with E-state index in [2.05, 4.69) is 9.97 Å². The predicted octanol–water partition coefficient (Wildman–Crippen LogP) is 3.98. The number of hydrogen-bond donors (Lipinski definition) is 1. The highest BCUT2D eigenvalue weighted by Crippen LogP contribution is 2.34. The van der Waals surface area contributed by atoms with Gasteiger partial charge in [0.15, 0.2) is 11.5 Å². The minimum absolute atomic E-state index is 0.120. The third-order valence-electron chi connectivity index (χ3n) is 4.38. The van der Waals surface area contributed by atoms with Crippen molar-refractivity contribution in [3.05, 3.63) is 39.3 Å². The van der Waals surface area contributed by atoms with Gasteiger partial charge in [-0.2, -0.15) is 0 Å². The van der Waals surface area contributed by atoms with E-state index >= 15 is 0 Å². The summed E-state index contributed by atoms with van der Waals surface area (Å²) in [5.74, 6) is 1.95. The molecule has 124 valence electrons. The molecule has 1 N–H and O–H groups in total. The molecule has 1 saturated carbocycles. The van der Waals surface area contributed by atoms with E-state index in [0.717, 1.165) is 18.4 Å². The van der Waals surface area contributed by atoms with Crippen LogP contribution < -0.4 is 15.0 Å². The molecule has 0 bridgehead atoms. The van der Waals surface area contributed by atoms with Crippen molar-refractivity contribution >= 4 is 22.2 Å². The highest BCUT2D eigenvalue weighted by molar-refractivity contribution is 7.09. The number of rotatable bonds is 4. The number of fused-ring (bicyclic) bond motifs is 1. The topological polar surface area (TPSA) is 64.2 Å². The second-order valence-electron chi connectivity index (χ2n) is 5.98. The fourth-order valence-corrected chi connectivity index (χ4v) is 3.85. The summed E-state index contributed by atoms with van der Waals surface area (Å²) in [7, 11) is 1.63. The summed E-state index contributed by atoms with van der Waals surface area (Å²) in [5, 5.41) is 4.32. The molecule has 2 aromatic heterocycles. The number of methoxy groups -OCH3 is 1. The second-order valence-corrected chi connectivity index (χ2v) is 6.72. The Bertz CT molecular complexity index is 925. The van der Waals surface area contributed by atoms with Crippen LogP contribution in [0, 0.1) is 0 Å². The van der Waals surface area contributed by atoms with Crippen molar-refractivity contribution in [1.29, 1.82) is 0 Å². The predicted molar refractivity (Wildman–Crippen MR) is 95.1 cm³/mol. The lowest BCUT2D eigenvalue weighted by atomic mass is 10.1. The maximum atomic E-state index is 12.2. The molecule has 24 heavy (non-hydrogen) atoms. The first kappa shape index (κ1) is 15.2. The molecule has 0 atom stereocenters. The van der Waals surface area contributed by atoms with E-state index in [-0.39, 0.29) is 11.7 Å². The van der Waals surface area contributed by atoms with Crippen molar-refractivity contribution in [2.45, 2.75) is 31.8 Å². The Morgan fingerprint density at radius 2 is 2.04 bits per heavy atom. The van der Waals surface area contributed by atoms with Crippen LogP contribution in [-0.2, 0) is 0 Å². The molecule has 3 aromatic rings. The number of hydrogen-bond acceptors (Lipinski definition) is 5. The van der Waals surface area contributed by atoms with Crippen molar-refractivity contribution in [2.24, 2.45) is 0 Å². The number of benzene rings is 1. The smallest absolute Gasteiger partial charge is 0.259 e. The van der Waals surface area contributed by atoms with Crippen LogP contribution in [0.1, 0.15) is 25.7 Å². The molecular formula is C18H18N2O3S. The van der Waals surface area contributed by atoms with E-state index in [9.17, 15) is 4.79 Å². The molecule has 6 heteroatoms. The number of aromatic amines is 1. The number of nitrogens with zero attached hydrogens (tertiary/aromatic N) is 1. The van der Waals surface area contributed by atoms with E-state index in [0.29, 0.717) is 28.2 Å². The summed E-state index contributed by atoms with van der Waals surface area (Å²) in [6, 6.07) is 5.64. The molecular weight excluding hydrogens is 324 g/mol. The first-order chi connectivity index (χ1) is 11.7. The molecule has 0 aliphatic heterocycles. The van der Waals surface area contributed by atoms with Crippen LogP contribution in [0.5, 0.6) is 11.5 Å². The van der Waals surface area contributed by atoms with Gasteiger partial charge in [-0.05, 0) is 43.9 Å². The normalized spacial score (nSPS) is 15.0. The SMILES string of the molecule is COc1ccc(-c2nc3cscc3c(=O)[nH]2)cc1OC1CCCC1. The number of ether oxygens (including phenoxy) is 2. The van der Waals surface area contributed by atoms with Crippen LogP contribution in [0.15, 0.2) is 33.8 Å². The highest BCUT2D eigenvalue weighted by atomic mass is 32.1. The van der Waals surface area contributed by atoms with Crippen molar-refractivity contribution in [2.75, 3.05) is 7.11 Å². The van der Waals surface area contributed by atoms with Crippen LogP contribution in [0.4, 0.5) is 0 Å². The van der Waals surface area contributed by atoms with Gasteiger partial charge in [0, 0.05) is 16.3 Å². The Hall–Kier alpha value is -2.34. The summed E-state index contributed by atoms with van der Waals surface area (Å²) in [6.45, 7) is 0. The van der Waals surface area contributed by atoms with E-state index in [1.807, 2.05) is 29.0 Å². The third kappa shape index (κ3) is 2.78. The van der Waals surface area contributed by atoms with Gasteiger partial charge in [-0.1, -0.05) is 0 Å². The molecule has 0 spiro atoms. The van der Waals surface area contributed by atoms with E-state index in [4.69, 9.17) is 9.47 Å². The number of nitrogens with one attached hydrogen (secondary N) is 1. The Balaban J connectivity index is 1.75. The first-order valence-electron chi connectivity index (χ1n) is 8.06. The van der Waals surface area contributed by atoms with Crippen LogP contribution in [-0.4, -0.2) is 23.2 Å². The molecule has 1 aromatic carbocycles. The van der Waals surface area contributed by atoms with Crippen LogP contribution >= 0.6 is 11.3 Å². The molecule has 0 radical (unpaired) electrons. The summed E-state index contributed by atoms with van der Waals surface area (Å²) < 4.78 is 11.5. The zero-order valence-corrected chi connectivity index (χ0v) is 14.2. The molecule has 1 aliphatic carbocycles. The molecule has 2 heterocycles. The molecule has 0 saturated heterocycles. The Kier molecular flexibility index (Phi) is 3.98. The average molecular weight is 342 g/mol. The molecule has 5 nitrogen and oxygen atoms in total. The van der Waals surface area contributed by atoms with Crippen molar-refractivity contribution < 1.29 is 9.47 Å². The lowest BCUT2D eigenvalue weighted by Crippen LogP contribution is -2.12. The quantitative estimate of drug-likeness (QED) is 0.779. The lowest BCUT2D eigenvalue weighted by Gasteiger charge is -2.16. The first-order valence-corrected chi connectivity index (χ1v) is 9.00. The number of aromatic nitrogens is 2. The minimum Gasteiger partial charge on any atom is -0.493 e. The van der Waals surface area contributed by atoms with Crippen molar-refractivity contribution in [1.82, 2.24) is 9.97 Å². The molecule has 1 fully saturated rings. The van der Waals surface area contributed by atoms with Crippen LogP contribution in [0.3, 0.4) is 0 Å². The summed E-state index contributed by atoms with van der Waals surface area (Å²) >= 11 is 1.47. The van der Waals surface area contributed by atoms with Crippen LogP contribution in [0.2, 0.25) is 0 Å². The summed E-state index contributed by atoms with van der Waals surface area (Å²) in [4.78, 5) is 19.6. The Morgan fingerprint density at radius 1 is 1.21 bits per heavy atom. The Morgan fingerprint density at radius 3 is 2.83 bits per heavy atom. The third-order valence-corrected chi connectivity index (χ3v) is 5.11. The maximum Gasteiger partial charge on any atom is 0.259 e. The fraction of sp³-hybridized carbons (Fsp3) is 0.333. The van der Waals surface area contributed by atoms with E-state index in [1.54, 1.807) is 7.11 Å². The van der Waals surface area contributed by atoms with Gasteiger partial charge < -0.3 is 14.5 Å². The van der Waals surface area contributed by atoms with Gasteiger partial charge in [-0.15, -0.1) is 11.3 Å². The number of H-pyrrole nitrogens is 1. The van der Waals surface area contributed by atoms with E-state index in [1.165, 1.54) is 24.2 Å². The van der Waals surface area contributed by atoms with E-state index < -0.39 is 0 Å². The summed E-state index contributed by atoms with van der Waals surface area (Å²) in [6.07, 6.45) is 4.79. The van der Waals surface area contributed by atoms with Gasteiger partial charge in [-0.25, -0.2) is 4.98 Å². The van der Waals surface area contributed by atoms with Gasteiger partial charge in [-0.3, -0.25) is 4.79 Å². The van der Waals surface area contributed by atoms with Gasteiger partial charge in [0.25, 0.3) is 5.56 Å². The van der Waals surface area contributed by atoms with Gasteiger partial charge >= 0.3 is 0 Å². The minimum atomic E-state index is -0.120. The van der Waals surface area contributed by atoms with Gasteiger partial charge in [0.2, 0.25) is 0 Å². The van der Waals surface area contributed by atoms with Crippen molar-refractivity contribution in [3.8, 4) is 22.9 Å². The fourth-order valence-electron chi connectivity index (χ4n) is 3.11. The van der Waals surface area contributed by atoms with Gasteiger partial charge in [0.05, 0.1) is 24.1 Å². The summed E-state index contributed by atoms with van der Waals surface area (Å²) in [5.41, 5.74) is 1.41. The maximum absolute atomic E-state index is 12.2. The monoisotopic (exact) mass is 342 g/mol. The Labute approximate surface area is 143 Å². The zero-order valence-electron chi connectivity index (χ0n) is 13.4. The molecule has 1 aliphatic rings. The zero-order chi connectivity index (χ0) is 16.5. The van der Waals surface area contributed by atoms with Gasteiger partial charge in [0.1, 0.15) is 5.82 Å². The molecule has 0 unspecified atom stereocenters. The standard InChI is InChI=1S/C18H18N2O3S/c1-22-15-7-6-11(8-16(15)23-12-4-2-3-5-12)17-19-14-10-24-9-13(14)18(21)20-17/h6-10,12H,2-5H2,1H3,(H,19,20,21). The largest absolute Gasteiger partial charge is 0.493 e.